The lowest BCUT2D eigenvalue weighted by Gasteiger charge is -2.15. The van der Waals surface area contributed by atoms with Crippen molar-refractivity contribution < 1.29 is 18.3 Å². The Balaban J connectivity index is 1.77. The third kappa shape index (κ3) is 8.35. The number of nitrogens with one attached hydrogen (secondary N) is 3. The number of benzene rings is 2. The summed E-state index contributed by atoms with van der Waals surface area (Å²) in [5, 5.41) is 9.02. The molecule has 2 aromatic rings. The number of guanidine groups is 1. The SMILES string of the molecule is CN=C(NCC(=O)NCCc1ccccc1)NCc1cc(Cl)ccc1OC(F)F. The van der Waals surface area contributed by atoms with Gasteiger partial charge in [0.05, 0.1) is 6.54 Å². The zero-order valence-corrected chi connectivity index (χ0v) is 16.7. The molecule has 0 aliphatic heterocycles. The molecule has 0 aliphatic rings. The lowest BCUT2D eigenvalue weighted by molar-refractivity contribution is -0.119. The molecular formula is C20H23ClF2N4O2. The number of hydrogen-bond donors (Lipinski definition) is 3. The van der Waals surface area contributed by atoms with E-state index < -0.39 is 6.61 Å². The summed E-state index contributed by atoms with van der Waals surface area (Å²) in [4.78, 5) is 16.0. The van der Waals surface area contributed by atoms with Crippen LogP contribution in [0.5, 0.6) is 5.75 Å². The minimum absolute atomic E-state index is 0.0183. The van der Waals surface area contributed by atoms with E-state index in [4.69, 9.17) is 11.6 Å². The Morgan fingerprint density at radius 3 is 2.59 bits per heavy atom. The summed E-state index contributed by atoms with van der Waals surface area (Å²) >= 11 is 5.93. The van der Waals surface area contributed by atoms with E-state index in [1.54, 1.807) is 0 Å². The van der Waals surface area contributed by atoms with Crippen LogP contribution in [-0.2, 0) is 17.8 Å². The molecule has 1 amide bonds. The van der Waals surface area contributed by atoms with Gasteiger partial charge in [-0.25, -0.2) is 0 Å². The number of amides is 1. The van der Waals surface area contributed by atoms with E-state index in [1.165, 1.54) is 25.2 Å². The molecule has 29 heavy (non-hydrogen) atoms. The highest BCUT2D eigenvalue weighted by molar-refractivity contribution is 6.30. The maximum Gasteiger partial charge on any atom is 0.387 e. The van der Waals surface area contributed by atoms with Gasteiger partial charge in [0.15, 0.2) is 5.96 Å². The molecule has 0 heterocycles. The minimum atomic E-state index is -2.94. The number of alkyl halides is 2. The molecule has 0 aromatic heterocycles. The molecule has 156 valence electrons. The summed E-state index contributed by atoms with van der Waals surface area (Å²) in [5.41, 5.74) is 1.58. The number of halogens is 3. The lowest BCUT2D eigenvalue weighted by atomic mass is 10.1. The first-order valence-corrected chi connectivity index (χ1v) is 9.34. The molecule has 0 unspecified atom stereocenters. The number of rotatable bonds is 9. The highest BCUT2D eigenvalue weighted by atomic mass is 35.5. The highest BCUT2D eigenvalue weighted by Crippen LogP contribution is 2.24. The Kier molecular flexibility index (Phi) is 9.17. The first-order chi connectivity index (χ1) is 14.0. The molecule has 6 nitrogen and oxygen atoms in total. The molecule has 9 heteroatoms. The van der Waals surface area contributed by atoms with Gasteiger partial charge in [-0.1, -0.05) is 41.9 Å². The first-order valence-electron chi connectivity index (χ1n) is 8.96. The fourth-order valence-corrected chi connectivity index (χ4v) is 2.71. The van der Waals surface area contributed by atoms with Crippen molar-refractivity contribution in [2.24, 2.45) is 4.99 Å². The van der Waals surface area contributed by atoms with Gasteiger partial charge in [0.1, 0.15) is 5.75 Å². The summed E-state index contributed by atoms with van der Waals surface area (Å²) in [5.74, 6) is 0.172. The molecule has 0 aliphatic carbocycles. The summed E-state index contributed by atoms with van der Waals surface area (Å²) in [6.07, 6.45) is 0.737. The molecule has 3 N–H and O–H groups in total. The lowest BCUT2D eigenvalue weighted by Crippen LogP contribution is -2.43. The highest BCUT2D eigenvalue weighted by Gasteiger charge is 2.11. The second-order valence-electron chi connectivity index (χ2n) is 6.00. The number of carbonyl (C=O) groups is 1. The van der Waals surface area contributed by atoms with Gasteiger partial charge in [-0.3, -0.25) is 9.79 Å². The van der Waals surface area contributed by atoms with Gasteiger partial charge in [-0.15, -0.1) is 0 Å². The fourth-order valence-electron chi connectivity index (χ4n) is 2.51. The molecule has 0 saturated carbocycles. The Morgan fingerprint density at radius 1 is 1.14 bits per heavy atom. The van der Waals surface area contributed by atoms with Crippen LogP contribution in [-0.4, -0.2) is 38.6 Å². The third-order valence-electron chi connectivity index (χ3n) is 3.90. The number of aliphatic imine (C=N–C) groups is 1. The van der Waals surface area contributed by atoms with E-state index >= 15 is 0 Å². The monoisotopic (exact) mass is 424 g/mol. The molecule has 0 radical (unpaired) electrons. The van der Waals surface area contributed by atoms with Crippen LogP contribution in [0.2, 0.25) is 5.02 Å². The summed E-state index contributed by atoms with van der Waals surface area (Å²) in [7, 11) is 1.54. The number of carbonyl (C=O) groups excluding carboxylic acids is 1. The standard InChI is InChI=1S/C20H23ClF2N4O2/c1-24-20(26-12-15-11-16(21)7-8-17(15)29-19(22)23)27-13-18(28)25-10-9-14-5-3-2-4-6-14/h2-8,11,19H,9-10,12-13H2,1H3,(H,25,28)(H2,24,26,27). The van der Waals surface area contributed by atoms with Crippen LogP contribution >= 0.6 is 11.6 Å². The smallest absolute Gasteiger partial charge is 0.387 e. The number of nitrogens with zero attached hydrogens (tertiary/aromatic N) is 1. The van der Waals surface area contributed by atoms with Crippen molar-refractivity contribution >= 4 is 23.5 Å². The van der Waals surface area contributed by atoms with Gasteiger partial charge >= 0.3 is 6.61 Å². The largest absolute Gasteiger partial charge is 0.434 e. The molecule has 2 aromatic carbocycles. The van der Waals surface area contributed by atoms with Crippen LogP contribution in [0, 0.1) is 0 Å². The maximum atomic E-state index is 12.5. The van der Waals surface area contributed by atoms with Crippen molar-refractivity contribution in [2.45, 2.75) is 19.6 Å². The summed E-state index contributed by atoms with van der Waals surface area (Å²) < 4.78 is 29.5. The fraction of sp³-hybridized carbons (Fsp3) is 0.300. The topological polar surface area (TPSA) is 74.8 Å². The van der Waals surface area contributed by atoms with Gasteiger partial charge in [0.25, 0.3) is 0 Å². The maximum absolute atomic E-state index is 12.5. The van der Waals surface area contributed by atoms with E-state index in [1.807, 2.05) is 30.3 Å². The van der Waals surface area contributed by atoms with Crippen LogP contribution in [0.15, 0.2) is 53.5 Å². The van der Waals surface area contributed by atoms with Crippen LogP contribution in [0.3, 0.4) is 0 Å². The van der Waals surface area contributed by atoms with Gasteiger partial charge in [0.2, 0.25) is 5.91 Å². The average Bonchev–Trinajstić information content (AvgIpc) is 2.70. The van der Waals surface area contributed by atoms with Crippen molar-refractivity contribution in [1.82, 2.24) is 16.0 Å². The minimum Gasteiger partial charge on any atom is -0.434 e. The van der Waals surface area contributed by atoms with Crippen LogP contribution in [0.1, 0.15) is 11.1 Å². The molecule has 0 saturated heterocycles. The van der Waals surface area contributed by atoms with Gasteiger partial charge in [0, 0.05) is 30.7 Å². The normalized spacial score (nSPS) is 11.3. The van der Waals surface area contributed by atoms with Crippen molar-refractivity contribution in [3.63, 3.8) is 0 Å². The summed E-state index contributed by atoms with van der Waals surface area (Å²) in [6.45, 7) is -2.26. The molecule has 0 spiro atoms. The zero-order chi connectivity index (χ0) is 21.1. The molecular weight excluding hydrogens is 402 g/mol. The average molecular weight is 425 g/mol. The third-order valence-corrected chi connectivity index (χ3v) is 4.14. The predicted octanol–water partition coefficient (Wildman–Crippen LogP) is 2.97. The summed E-state index contributed by atoms with van der Waals surface area (Å²) in [6, 6.07) is 14.2. The van der Waals surface area contributed by atoms with Gasteiger partial charge in [-0.05, 0) is 30.2 Å². The molecule has 2 rings (SSSR count). The van der Waals surface area contributed by atoms with Crippen LogP contribution in [0.4, 0.5) is 8.78 Å². The van der Waals surface area contributed by atoms with E-state index in [2.05, 4.69) is 25.7 Å². The van der Waals surface area contributed by atoms with Crippen LogP contribution < -0.4 is 20.7 Å². The second kappa shape index (κ2) is 11.9. The van der Waals surface area contributed by atoms with Crippen molar-refractivity contribution in [3.05, 3.63) is 64.7 Å². The first kappa shape index (κ1) is 22.4. The van der Waals surface area contributed by atoms with Gasteiger partial charge < -0.3 is 20.7 Å². The van der Waals surface area contributed by atoms with E-state index in [0.29, 0.717) is 23.1 Å². The van der Waals surface area contributed by atoms with Crippen LogP contribution in [0.25, 0.3) is 0 Å². The second-order valence-corrected chi connectivity index (χ2v) is 6.43. The molecule has 0 bridgehead atoms. The predicted molar refractivity (Wildman–Crippen MR) is 109 cm³/mol. The molecule has 0 fully saturated rings. The Hall–Kier alpha value is -2.87. The van der Waals surface area contributed by atoms with E-state index in [9.17, 15) is 13.6 Å². The number of ether oxygens (including phenoxy) is 1. The molecule has 0 atom stereocenters. The number of hydrogen-bond acceptors (Lipinski definition) is 3. The Bertz CT molecular complexity index is 819. The zero-order valence-electron chi connectivity index (χ0n) is 15.9. The van der Waals surface area contributed by atoms with Crippen molar-refractivity contribution in [3.8, 4) is 5.75 Å². The van der Waals surface area contributed by atoms with E-state index in [-0.39, 0.29) is 24.7 Å². The Labute approximate surface area is 173 Å². The van der Waals surface area contributed by atoms with Crippen molar-refractivity contribution in [1.29, 1.82) is 0 Å². The van der Waals surface area contributed by atoms with Gasteiger partial charge in [-0.2, -0.15) is 8.78 Å². The Morgan fingerprint density at radius 2 is 1.90 bits per heavy atom. The van der Waals surface area contributed by atoms with Crippen molar-refractivity contribution in [2.75, 3.05) is 20.1 Å². The van der Waals surface area contributed by atoms with E-state index in [0.717, 1.165) is 12.0 Å². The quantitative estimate of drug-likeness (QED) is 0.427.